The highest BCUT2D eigenvalue weighted by Gasteiger charge is 2.22. The lowest BCUT2D eigenvalue weighted by Gasteiger charge is -2.21. The van der Waals surface area contributed by atoms with Crippen molar-refractivity contribution in [2.24, 2.45) is 0 Å². The van der Waals surface area contributed by atoms with Gasteiger partial charge in [0.05, 0.1) is 18.7 Å². The zero-order chi connectivity index (χ0) is 26.5. The molecule has 0 amide bonds. The maximum absolute atomic E-state index is 14.7. The van der Waals surface area contributed by atoms with Gasteiger partial charge in [0.1, 0.15) is 23.1 Å². The van der Waals surface area contributed by atoms with E-state index >= 15 is 0 Å². The Labute approximate surface area is 214 Å². The molecule has 0 aliphatic heterocycles. The summed E-state index contributed by atoms with van der Waals surface area (Å²) in [5.74, 6) is 1.04. The molecule has 1 unspecified atom stereocenters. The molecule has 1 N–H and O–H groups in total. The van der Waals surface area contributed by atoms with E-state index in [9.17, 15) is 14.3 Å². The standard InChI is InChI=1S/C29H28FNO6/c1-5-34-29(33)36-19(4)35-28-24-15-25(30)21(16-32)14-26(24)31-18(3)27(28)20-8-12-23(13-9-20)37-22-10-6-17(2)7-11-22/h6-15,19,32H,5,16H2,1-4H3. The Morgan fingerprint density at radius 3 is 2.30 bits per heavy atom. The topological polar surface area (TPSA) is 87.1 Å². The smallest absolute Gasteiger partial charge is 0.457 e. The molecule has 8 heteroatoms. The molecule has 0 spiro atoms. The fraction of sp³-hybridized carbons (Fsp3) is 0.241. The van der Waals surface area contributed by atoms with Crippen LogP contribution in [0.5, 0.6) is 17.2 Å². The molecule has 1 atom stereocenters. The Bertz CT molecular complexity index is 1400. The number of aromatic nitrogens is 1. The molecule has 192 valence electrons. The first-order valence-electron chi connectivity index (χ1n) is 11.9. The molecule has 0 fully saturated rings. The summed E-state index contributed by atoms with van der Waals surface area (Å²) in [5.41, 5.74) is 3.64. The van der Waals surface area contributed by atoms with E-state index in [0.29, 0.717) is 33.7 Å². The summed E-state index contributed by atoms with van der Waals surface area (Å²) in [6.07, 6.45) is -1.91. The van der Waals surface area contributed by atoms with Crippen LogP contribution < -0.4 is 9.47 Å². The molecule has 3 aromatic carbocycles. The van der Waals surface area contributed by atoms with Crippen LogP contribution in [0, 0.1) is 19.7 Å². The Hall–Kier alpha value is -4.17. The van der Waals surface area contributed by atoms with Crippen LogP contribution >= 0.6 is 0 Å². The summed E-state index contributed by atoms with van der Waals surface area (Å²) in [7, 11) is 0. The average molecular weight is 506 g/mol. The molecular weight excluding hydrogens is 477 g/mol. The second-order valence-electron chi connectivity index (χ2n) is 8.45. The molecule has 0 aliphatic rings. The summed E-state index contributed by atoms with van der Waals surface area (Å²) in [4.78, 5) is 16.5. The molecule has 7 nitrogen and oxygen atoms in total. The summed E-state index contributed by atoms with van der Waals surface area (Å²) >= 11 is 0. The van der Waals surface area contributed by atoms with Crippen LogP contribution in [-0.4, -0.2) is 29.1 Å². The number of ether oxygens (including phenoxy) is 4. The van der Waals surface area contributed by atoms with Gasteiger partial charge >= 0.3 is 6.16 Å². The van der Waals surface area contributed by atoms with Gasteiger partial charge in [-0.1, -0.05) is 29.8 Å². The lowest BCUT2D eigenvalue weighted by atomic mass is 9.99. The van der Waals surface area contributed by atoms with Gasteiger partial charge in [-0.15, -0.1) is 0 Å². The second-order valence-corrected chi connectivity index (χ2v) is 8.45. The number of halogens is 1. The Morgan fingerprint density at radius 1 is 1.03 bits per heavy atom. The minimum atomic E-state index is -1.03. The number of pyridine rings is 1. The van der Waals surface area contributed by atoms with Crippen LogP contribution in [0.1, 0.15) is 30.7 Å². The van der Waals surface area contributed by atoms with Crippen LogP contribution in [0.15, 0.2) is 60.7 Å². The minimum Gasteiger partial charge on any atom is -0.457 e. The number of aliphatic hydroxyl groups excluding tert-OH is 1. The van der Waals surface area contributed by atoms with E-state index in [0.717, 1.165) is 11.1 Å². The highest BCUT2D eigenvalue weighted by Crippen LogP contribution is 2.40. The molecule has 0 saturated carbocycles. The summed E-state index contributed by atoms with van der Waals surface area (Å²) in [5, 5.41) is 9.88. The predicted octanol–water partition coefficient (Wildman–Crippen LogP) is 6.84. The van der Waals surface area contributed by atoms with Crippen molar-refractivity contribution in [1.29, 1.82) is 0 Å². The molecular formula is C29H28FNO6. The van der Waals surface area contributed by atoms with Crippen LogP contribution in [0.25, 0.3) is 22.0 Å². The first kappa shape index (κ1) is 25.9. The van der Waals surface area contributed by atoms with E-state index < -0.39 is 24.9 Å². The number of carbonyl (C=O) groups excluding carboxylic acids is 1. The Kier molecular flexibility index (Phi) is 7.89. The number of hydrogen-bond acceptors (Lipinski definition) is 7. The van der Waals surface area contributed by atoms with E-state index in [1.54, 1.807) is 20.8 Å². The lowest BCUT2D eigenvalue weighted by molar-refractivity contribution is -0.0510. The summed E-state index contributed by atoms with van der Waals surface area (Å²) in [6.45, 7) is 6.70. The van der Waals surface area contributed by atoms with Crippen LogP contribution in [0.3, 0.4) is 0 Å². The number of fused-ring (bicyclic) bond motifs is 1. The monoisotopic (exact) mass is 505 g/mol. The van der Waals surface area contributed by atoms with E-state index in [1.807, 2.05) is 55.5 Å². The average Bonchev–Trinajstić information content (AvgIpc) is 2.86. The van der Waals surface area contributed by atoms with Crippen molar-refractivity contribution in [1.82, 2.24) is 4.98 Å². The third-order valence-corrected chi connectivity index (χ3v) is 5.66. The third kappa shape index (κ3) is 5.98. The van der Waals surface area contributed by atoms with Gasteiger partial charge in [0, 0.05) is 29.1 Å². The zero-order valence-electron chi connectivity index (χ0n) is 21.1. The minimum absolute atomic E-state index is 0.117. The highest BCUT2D eigenvalue weighted by molar-refractivity contribution is 5.94. The molecule has 0 saturated heterocycles. The molecule has 4 aromatic rings. The van der Waals surface area contributed by atoms with Crippen molar-refractivity contribution in [3.8, 4) is 28.4 Å². The Morgan fingerprint density at radius 2 is 1.68 bits per heavy atom. The molecule has 1 heterocycles. The van der Waals surface area contributed by atoms with Gasteiger partial charge in [-0.05, 0) is 62.7 Å². The van der Waals surface area contributed by atoms with E-state index in [4.69, 9.17) is 18.9 Å². The second kappa shape index (κ2) is 11.3. The fourth-order valence-electron chi connectivity index (χ4n) is 3.91. The maximum Gasteiger partial charge on any atom is 0.511 e. The first-order chi connectivity index (χ1) is 17.8. The maximum atomic E-state index is 14.7. The summed E-state index contributed by atoms with van der Waals surface area (Å²) in [6, 6.07) is 17.8. The van der Waals surface area contributed by atoms with Crippen molar-refractivity contribution >= 4 is 17.1 Å². The van der Waals surface area contributed by atoms with Gasteiger partial charge in [0.25, 0.3) is 0 Å². The number of hydrogen-bond donors (Lipinski definition) is 1. The van der Waals surface area contributed by atoms with E-state index in [1.165, 1.54) is 12.1 Å². The number of aryl methyl sites for hydroxylation is 2. The SMILES string of the molecule is CCOC(=O)OC(C)Oc1c(-c2ccc(Oc3ccc(C)cc3)cc2)c(C)nc2cc(CO)c(F)cc12. The molecule has 1 aromatic heterocycles. The van der Waals surface area contributed by atoms with Gasteiger partial charge in [-0.2, -0.15) is 0 Å². The summed E-state index contributed by atoms with van der Waals surface area (Å²) < 4.78 is 36.7. The van der Waals surface area contributed by atoms with Crippen LogP contribution in [0.2, 0.25) is 0 Å². The predicted molar refractivity (Wildman–Crippen MR) is 137 cm³/mol. The number of carbonyl (C=O) groups is 1. The largest absolute Gasteiger partial charge is 0.511 e. The van der Waals surface area contributed by atoms with Crippen molar-refractivity contribution in [2.75, 3.05) is 6.61 Å². The normalized spacial score (nSPS) is 11.7. The van der Waals surface area contributed by atoms with Gasteiger partial charge in [-0.3, -0.25) is 4.98 Å². The van der Waals surface area contributed by atoms with Crippen LogP contribution in [-0.2, 0) is 16.1 Å². The number of aliphatic hydroxyl groups is 1. The Balaban J connectivity index is 1.75. The lowest BCUT2D eigenvalue weighted by Crippen LogP contribution is -2.22. The molecule has 0 aliphatic carbocycles. The fourth-order valence-corrected chi connectivity index (χ4v) is 3.91. The van der Waals surface area contributed by atoms with Crippen molar-refractivity contribution in [3.05, 3.63) is 83.3 Å². The zero-order valence-corrected chi connectivity index (χ0v) is 21.1. The van der Waals surface area contributed by atoms with Gasteiger partial charge in [0.15, 0.2) is 0 Å². The molecule has 0 bridgehead atoms. The quantitative estimate of drug-likeness (QED) is 0.207. The highest BCUT2D eigenvalue weighted by atomic mass is 19.1. The molecule has 4 rings (SSSR count). The first-order valence-corrected chi connectivity index (χ1v) is 11.9. The number of benzene rings is 3. The molecule has 37 heavy (non-hydrogen) atoms. The van der Waals surface area contributed by atoms with Gasteiger partial charge in [0.2, 0.25) is 6.29 Å². The van der Waals surface area contributed by atoms with E-state index in [-0.39, 0.29) is 17.9 Å². The van der Waals surface area contributed by atoms with Crippen molar-refractivity contribution in [3.63, 3.8) is 0 Å². The number of rotatable bonds is 8. The molecule has 0 radical (unpaired) electrons. The third-order valence-electron chi connectivity index (χ3n) is 5.66. The van der Waals surface area contributed by atoms with Crippen molar-refractivity contribution < 1.29 is 33.2 Å². The van der Waals surface area contributed by atoms with Crippen molar-refractivity contribution in [2.45, 2.75) is 40.6 Å². The van der Waals surface area contributed by atoms with Gasteiger partial charge in [-0.25, -0.2) is 9.18 Å². The van der Waals surface area contributed by atoms with Gasteiger partial charge < -0.3 is 24.1 Å². The van der Waals surface area contributed by atoms with Crippen LogP contribution in [0.4, 0.5) is 9.18 Å². The van der Waals surface area contributed by atoms with E-state index in [2.05, 4.69) is 4.98 Å². The number of nitrogens with zero attached hydrogens (tertiary/aromatic N) is 1.